The van der Waals surface area contributed by atoms with Gasteiger partial charge in [-0.25, -0.2) is 0 Å². The average molecular weight is 395 g/mol. The number of Topliss-reactive ketones (excluding diaryl/α,β-unsaturated/α-hetero) is 1. The molecule has 3 aromatic rings. The largest absolute Gasteiger partial charge is 0.359 e. The van der Waals surface area contributed by atoms with Gasteiger partial charge in [-0.05, 0) is 30.0 Å². The van der Waals surface area contributed by atoms with Gasteiger partial charge >= 0.3 is 0 Å². The molecule has 0 aliphatic heterocycles. The summed E-state index contributed by atoms with van der Waals surface area (Å²) in [6.45, 7) is 1.69. The summed E-state index contributed by atoms with van der Waals surface area (Å²) in [5, 5.41) is 18.4. The molecule has 0 radical (unpaired) electrons. The minimum atomic E-state index is -1.03. The SMILES string of the molecule is Cc1cc([N+](=O)[O-])ccc1N[C@@H](NC(=O)c1cccs1)C(=O)c1ccccc1. The molecule has 0 unspecified atom stereocenters. The standard InChI is InChI=1S/C20H17N3O4S/c1-13-12-15(23(26)27)9-10-16(13)21-19(18(24)14-6-3-2-4-7-14)22-20(25)17-8-5-11-28-17/h2-12,19,21H,1H3,(H,22,25)/t19-/m0/s1. The monoisotopic (exact) mass is 395 g/mol. The number of nitro benzene ring substituents is 1. The predicted octanol–water partition coefficient (Wildman–Crippen LogP) is 4.02. The van der Waals surface area contributed by atoms with Gasteiger partial charge < -0.3 is 10.6 Å². The van der Waals surface area contributed by atoms with Crippen molar-refractivity contribution in [2.75, 3.05) is 5.32 Å². The summed E-state index contributed by atoms with van der Waals surface area (Å²) in [6, 6.07) is 16.3. The lowest BCUT2D eigenvalue weighted by Crippen LogP contribution is -2.46. The normalized spacial score (nSPS) is 11.5. The van der Waals surface area contributed by atoms with E-state index in [4.69, 9.17) is 0 Å². The lowest BCUT2D eigenvalue weighted by Gasteiger charge is -2.21. The second-order valence-electron chi connectivity index (χ2n) is 6.01. The first-order valence-corrected chi connectivity index (χ1v) is 9.29. The Morgan fingerprint density at radius 1 is 1.07 bits per heavy atom. The zero-order valence-electron chi connectivity index (χ0n) is 14.9. The number of rotatable bonds is 7. The Hall–Kier alpha value is -3.52. The fourth-order valence-corrected chi connectivity index (χ4v) is 3.25. The van der Waals surface area contributed by atoms with Crippen LogP contribution in [-0.2, 0) is 0 Å². The fourth-order valence-electron chi connectivity index (χ4n) is 2.63. The minimum Gasteiger partial charge on any atom is -0.359 e. The molecular weight excluding hydrogens is 378 g/mol. The minimum absolute atomic E-state index is 0.0448. The Labute approximate surface area is 165 Å². The summed E-state index contributed by atoms with van der Waals surface area (Å²) in [5.74, 6) is -0.695. The van der Waals surface area contributed by atoms with Crippen LogP contribution in [0.15, 0.2) is 66.0 Å². The van der Waals surface area contributed by atoms with Crippen molar-refractivity contribution in [3.05, 3.63) is 92.2 Å². The number of hydrogen-bond donors (Lipinski definition) is 2. The number of nitrogens with zero attached hydrogens (tertiary/aromatic N) is 1. The van der Waals surface area contributed by atoms with Crippen LogP contribution in [0.4, 0.5) is 11.4 Å². The highest BCUT2D eigenvalue weighted by atomic mass is 32.1. The van der Waals surface area contributed by atoms with Crippen molar-refractivity contribution in [1.29, 1.82) is 0 Å². The van der Waals surface area contributed by atoms with E-state index in [1.165, 1.54) is 29.5 Å². The van der Waals surface area contributed by atoms with Crippen LogP contribution in [0, 0.1) is 17.0 Å². The van der Waals surface area contributed by atoms with E-state index in [1.807, 2.05) is 0 Å². The molecule has 0 spiro atoms. The van der Waals surface area contributed by atoms with Gasteiger partial charge in [0.15, 0.2) is 6.17 Å². The number of aryl methyl sites for hydroxylation is 1. The molecule has 7 nitrogen and oxygen atoms in total. The van der Waals surface area contributed by atoms with E-state index >= 15 is 0 Å². The van der Waals surface area contributed by atoms with Crippen LogP contribution in [0.2, 0.25) is 0 Å². The van der Waals surface area contributed by atoms with Crippen LogP contribution >= 0.6 is 11.3 Å². The first-order chi connectivity index (χ1) is 13.5. The predicted molar refractivity (Wildman–Crippen MR) is 108 cm³/mol. The molecule has 2 N–H and O–H groups in total. The molecule has 1 amide bonds. The van der Waals surface area contributed by atoms with Crippen molar-refractivity contribution in [2.45, 2.75) is 13.1 Å². The molecule has 1 aromatic heterocycles. The van der Waals surface area contributed by atoms with Gasteiger partial charge in [-0.3, -0.25) is 19.7 Å². The van der Waals surface area contributed by atoms with Gasteiger partial charge in [-0.1, -0.05) is 36.4 Å². The van der Waals surface area contributed by atoms with Crippen LogP contribution in [0.25, 0.3) is 0 Å². The topological polar surface area (TPSA) is 101 Å². The molecule has 142 valence electrons. The lowest BCUT2D eigenvalue weighted by molar-refractivity contribution is -0.384. The maximum Gasteiger partial charge on any atom is 0.269 e. The Morgan fingerprint density at radius 3 is 2.43 bits per heavy atom. The van der Waals surface area contributed by atoms with E-state index in [0.717, 1.165) is 0 Å². The highest BCUT2D eigenvalue weighted by Gasteiger charge is 2.24. The van der Waals surface area contributed by atoms with Crippen molar-refractivity contribution in [2.24, 2.45) is 0 Å². The van der Waals surface area contributed by atoms with Crippen molar-refractivity contribution >= 4 is 34.4 Å². The van der Waals surface area contributed by atoms with Crippen molar-refractivity contribution in [3.63, 3.8) is 0 Å². The molecule has 0 bridgehead atoms. The van der Waals surface area contributed by atoms with Crippen molar-refractivity contribution in [3.8, 4) is 0 Å². The lowest BCUT2D eigenvalue weighted by atomic mass is 10.1. The third-order valence-electron chi connectivity index (χ3n) is 4.06. The van der Waals surface area contributed by atoms with Crippen LogP contribution in [0.1, 0.15) is 25.6 Å². The molecule has 3 rings (SSSR count). The van der Waals surface area contributed by atoms with E-state index in [2.05, 4.69) is 10.6 Å². The Kier molecular flexibility index (Phi) is 5.81. The molecular formula is C20H17N3O4S. The quantitative estimate of drug-likeness (QED) is 0.272. The Bertz CT molecular complexity index is 1000. The number of anilines is 1. The van der Waals surface area contributed by atoms with E-state index in [9.17, 15) is 19.7 Å². The van der Waals surface area contributed by atoms with Crippen molar-refractivity contribution < 1.29 is 14.5 Å². The number of carbonyl (C=O) groups excluding carboxylic acids is 2. The van der Waals surface area contributed by atoms with E-state index < -0.39 is 11.1 Å². The van der Waals surface area contributed by atoms with Crippen LogP contribution in [0.5, 0.6) is 0 Å². The first-order valence-electron chi connectivity index (χ1n) is 8.41. The second-order valence-corrected chi connectivity index (χ2v) is 6.96. The van der Waals surface area contributed by atoms with Gasteiger partial charge in [0.25, 0.3) is 11.6 Å². The molecule has 28 heavy (non-hydrogen) atoms. The smallest absolute Gasteiger partial charge is 0.269 e. The van der Waals surface area contributed by atoms with Gasteiger partial charge in [0.2, 0.25) is 5.78 Å². The summed E-state index contributed by atoms with van der Waals surface area (Å²) in [4.78, 5) is 36.4. The summed E-state index contributed by atoms with van der Waals surface area (Å²) in [5.41, 5.74) is 1.50. The number of benzene rings is 2. The molecule has 1 atom stereocenters. The number of hydrogen-bond acceptors (Lipinski definition) is 6. The van der Waals surface area contributed by atoms with E-state index in [0.29, 0.717) is 21.7 Å². The number of nitrogens with one attached hydrogen (secondary N) is 2. The van der Waals surface area contributed by atoms with Crippen LogP contribution in [0.3, 0.4) is 0 Å². The third kappa shape index (κ3) is 4.41. The zero-order valence-corrected chi connectivity index (χ0v) is 15.7. The maximum absolute atomic E-state index is 13.0. The van der Waals surface area contributed by atoms with Crippen LogP contribution in [-0.4, -0.2) is 22.8 Å². The van der Waals surface area contributed by atoms with Gasteiger partial charge in [-0.15, -0.1) is 11.3 Å². The van der Waals surface area contributed by atoms with Gasteiger partial charge in [0, 0.05) is 23.4 Å². The average Bonchev–Trinajstić information content (AvgIpc) is 3.23. The van der Waals surface area contributed by atoms with Gasteiger partial charge in [-0.2, -0.15) is 0 Å². The summed E-state index contributed by atoms with van der Waals surface area (Å²) >= 11 is 1.27. The number of ketones is 1. The molecule has 0 saturated carbocycles. The molecule has 1 heterocycles. The number of nitro groups is 1. The Balaban J connectivity index is 1.88. The van der Waals surface area contributed by atoms with E-state index in [1.54, 1.807) is 54.8 Å². The van der Waals surface area contributed by atoms with Crippen molar-refractivity contribution in [1.82, 2.24) is 5.32 Å². The zero-order chi connectivity index (χ0) is 20.1. The molecule has 0 fully saturated rings. The summed E-state index contributed by atoms with van der Waals surface area (Å²) in [6.07, 6.45) is -1.03. The highest BCUT2D eigenvalue weighted by Crippen LogP contribution is 2.22. The maximum atomic E-state index is 13.0. The molecule has 0 aliphatic rings. The summed E-state index contributed by atoms with van der Waals surface area (Å²) < 4.78 is 0. The number of non-ortho nitro benzene ring substituents is 1. The number of thiophene rings is 1. The molecule has 0 aliphatic carbocycles. The second kappa shape index (κ2) is 8.45. The first kappa shape index (κ1) is 19.2. The number of amides is 1. The molecule has 2 aromatic carbocycles. The van der Waals surface area contributed by atoms with Gasteiger partial charge in [0.05, 0.1) is 9.80 Å². The highest BCUT2D eigenvalue weighted by molar-refractivity contribution is 7.12. The molecule has 0 saturated heterocycles. The Morgan fingerprint density at radius 2 is 1.82 bits per heavy atom. The summed E-state index contributed by atoms with van der Waals surface area (Å²) in [7, 11) is 0. The van der Waals surface area contributed by atoms with Gasteiger partial charge in [0.1, 0.15) is 0 Å². The van der Waals surface area contributed by atoms with E-state index in [-0.39, 0.29) is 17.4 Å². The fraction of sp³-hybridized carbons (Fsp3) is 0.100. The van der Waals surface area contributed by atoms with Crippen LogP contribution < -0.4 is 10.6 Å². The molecule has 8 heteroatoms. The third-order valence-corrected chi connectivity index (χ3v) is 4.93. The number of carbonyl (C=O) groups is 2.